The van der Waals surface area contributed by atoms with Crippen molar-refractivity contribution in [2.45, 2.75) is 38.8 Å². The fraction of sp³-hybridized carbons (Fsp3) is 1.00. The largest absolute Gasteiger partial charge is 0.316 e. The SMILES string of the molecule is CC1CN(CC2CCCNC2)C(C)CN1C. The molecule has 3 heteroatoms. The van der Waals surface area contributed by atoms with Gasteiger partial charge in [-0.25, -0.2) is 0 Å². The first-order valence-corrected chi connectivity index (χ1v) is 6.82. The molecular formula is C13H27N3. The third-order valence-corrected chi connectivity index (χ3v) is 4.32. The summed E-state index contributed by atoms with van der Waals surface area (Å²) in [5.41, 5.74) is 0. The van der Waals surface area contributed by atoms with Crippen molar-refractivity contribution in [3.05, 3.63) is 0 Å². The van der Waals surface area contributed by atoms with E-state index >= 15 is 0 Å². The Balaban J connectivity index is 1.83. The van der Waals surface area contributed by atoms with Gasteiger partial charge >= 0.3 is 0 Å². The Morgan fingerprint density at radius 1 is 1.19 bits per heavy atom. The topological polar surface area (TPSA) is 18.5 Å². The second-order valence-corrected chi connectivity index (χ2v) is 5.80. The van der Waals surface area contributed by atoms with Crippen LogP contribution < -0.4 is 5.32 Å². The average molecular weight is 225 g/mol. The maximum Gasteiger partial charge on any atom is 0.0195 e. The first-order valence-electron chi connectivity index (χ1n) is 6.82. The maximum absolute atomic E-state index is 3.52. The van der Waals surface area contributed by atoms with Crippen LogP contribution in [0.5, 0.6) is 0 Å². The zero-order chi connectivity index (χ0) is 11.5. The van der Waals surface area contributed by atoms with E-state index in [4.69, 9.17) is 0 Å². The molecule has 2 aliphatic rings. The van der Waals surface area contributed by atoms with Crippen molar-refractivity contribution < 1.29 is 0 Å². The van der Waals surface area contributed by atoms with E-state index < -0.39 is 0 Å². The number of nitrogens with zero attached hydrogens (tertiary/aromatic N) is 2. The van der Waals surface area contributed by atoms with E-state index in [-0.39, 0.29) is 0 Å². The molecule has 3 atom stereocenters. The summed E-state index contributed by atoms with van der Waals surface area (Å²) in [4.78, 5) is 5.18. The van der Waals surface area contributed by atoms with E-state index in [1.807, 2.05) is 0 Å². The Labute approximate surface area is 100 Å². The number of hydrogen-bond donors (Lipinski definition) is 1. The van der Waals surface area contributed by atoms with Gasteiger partial charge in [0.05, 0.1) is 0 Å². The molecule has 0 bridgehead atoms. The van der Waals surface area contributed by atoms with Gasteiger partial charge in [-0.3, -0.25) is 4.90 Å². The van der Waals surface area contributed by atoms with Gasteiger partial charge in [0.15, 0.2) is 0 Å². The van der Waals surface area contributed by atoms with Crippen LogP contribution >= 0.6 is 0 Å². The Kier molecular flexibility index (Phi) is 4.22. The number of hydrogen-bond acceptors (Lipinski definition) is 3. The van der Waals surface area contributed by atoms with Gasteiger partial charge in [-0.15, -0.1) is 0 Å². The summed E-state index contributed by atoms with van der Waals surface area (Å²) in [6.07, 6.45) is 2.78. The smallest absolute Gasteiger partial charge is 0.0195 e. The van der Waals surface area contributed by atoms with Crippen LogP contribution in [0.2, 0.25) is 0 Å². The molecule has 1 N–H and O–H groups in total. The van der Waals surface area contributed by atoms with Crippen molar-refractivity contribution >= 4 is 0 Å². The Hall–Kier alpha value is -0.120. The van der Waals surface area contributed by atoms with Crippen LogP contribution in [0.25, 0.3) is 0 Å². The standard InChI is InChI=1S/C13H27N3/c1-11-9-16(12(2)8-15(11)3)10-13-5-4-6-14-7-13/h11-14H,4-10H2,1-3H3. The zero-order valence-corrected chi connectivity index (χ0v) is 11.1. The van der Waals surface area contributed by atoms with E-state index in [0.717, 1.165) is 12.0 Å². The fourth-order valence-corrected chi connectivity index (χ4v) is 3.04. The first kappa shape index (κ1) is 12.3. The molecule has 2 heterocycles. The van der Waals surface area contributed by atoms with Gasteiger partial charge in [0, 0.05) is 31.7 Å². The van der Waals surface area contributed by atoms with E-state index in [9.17, 15) is 0 Å². The highest BCUT2D eigenvalue weighted by molar-refractivity contribution is 4.85. The monoisotopic (exact) mass is 225 g/mol. The summed E-state index contributed by atoms with van der Waals surface area (Å²) in [6.45, 7) is 10.9. The molecular weight excluding hydrogens is 198 g/mol. The van der Waals surface area contributed by atoms with Crippen molar-refractivity contribution in [2.24, 2.45) is 5.92 Å². The van der Waals surface area contributed by atoms with Gasteiger partial charge in [-0.1, -0.05) is 0 Å². The van der Waals surface area contributed by atoms with Crippen LogP contribution in [0.3, 0.4) is 0 Å². The van der Waals surface area contributed by atoms with Gasteiger partial charge < -0.3 is 10.2 Å². The third-order valence-electron chi connectivity index (χ3n) is 4.32. The molecule has 0 aromatic heterocycles. The number of nitrogens with one attached hydrogen (secondary N) is 1. The van der Waals surface area contributed by atoms with Gasteiger partial charge in [-0.2, -0.15) is 0 Å². The molecule has 3 unspecified atom stereocenters. The zero-order valence-electron chi connectivity index (χ0n) is 11.1. The lowest BCUT2D eigenvalue weighted by atomic mass is 9.97. The Morgan fingerprint density at radius 2 is 2.00 bits per heavy atom. The molecule has 0 amide bonds. The lowest BCUT2D eigenvalue weighted by Crippen LogP contribution is -2.56. The van der Waals surface area contributed by atoms with Crippen molar-refractivity contribution in [3.63, 3.8) is 0 Å². The molecule has 0 spiro atoms. The molecule has 0 aliphatic carbocycles. The minimum Gasteiger partial charge on any atom is -0.316 e. The summed E-state index contributed by atoms with van der Waals surface area (Å²) in [5.74, 6) is 0.881. The second kappa shape index (κ2) is 5.48. The molecule has 2 rings (SSSR count). The average Bonchev–Trinajstić information content (AvgIpc) is 2.27. The van der Waals surface area contributed by atoms with E-state index in [1.54, 1.807) is 0 Å². The second-order valence-electron chi connectivity index (χ2n) is 5.80. The number of likely N-dealkylation sites (N-methyl/N-ethyl adjacent to an activating group) is 1. The summed E-state index contributed by atoms with van der Waals surface area (Å²) in [5, 5.41) is 3.52. The molecule has 2 aliphatic heterocycles. The van der Waals surface area contributed by atoms with Crippen LogP contribution in [-0.2, 0) is 0 Å². The lowest BCUT2D eigenvalue weighted by Gasteiger charge is -2.44. The maximum atomic E-state index is 3.52. The molecule has 0 aromatic carbocycles. The van der Waals surface area contributed by atoms with E-state index in [2.05, 4.69) is 36.0 Å². The summed E-state index contributed by atoms with van der Waals surface area (Å²) >= 11 is 0. The van der Waals surface area contributed by atoms with Crippen molar-refractivity contribution in [3.8, 4) is 0 Å². The van der Waals surface area contributed by atoms with Crippen molar-refractivity contribution in [1.29, 1.82) is 0 Å². The Morgan fingerprint density at radius 3 is 2.69 bits per heavy atom. The highest BCUT2D eigenvalue weighted by atomic mass is 15.3. The predicted octanol–water partition coefficient (Wildman–Crippen LogP) is 1.01. The summed E-state index contributed by atoms with van der Waals surface area (Å²) in [7, 11) is 2.25. The molecule has 2 saturated heterocycles. The van der Waals surface area contributed by atoms with Crippen LogP contribution in [0.1, 0.15) is 26.7 Å². The van der Waals surface area contributed by atoms with Crippen LogP contribution in [0, 0.1) is 5.92 Å². The summed E-state index contributed by atoms with van der Waals surface area (Å²) < 4.78 is 0. The van der Waals surface area contributed by atoms with Crippen molar-refractivity contribution in [1.82, 2.24) is 15.1 Å². The minimum absolute atomic E-state index is 0.716. The molecule has 0 aromatic rings. The first-order chi connectivity index (χ1) is 7.66. The van der Waals surface area contributed by atoms with Crippen LogP contribution in [0.15, 0.2) is 0 Å². The molecule has 3 nitrogen and oxygen atoms in total. The normalized spacial score (nSPS) is 38.8. The van der Waals surface area contributed by atoms with E-state index in [1.165, 1.54) is 45.6 Å². The quantitative estimate of drug-likeness (QED) is 0.757. The molecule has 94 valence electrons. The van der Waals surface area contributed by atoms with Gasteiger partial charge in [-0.05, 0) is 52.7 Å². The number of rotatable bonds is 2. The third kappa shape index (κ3) is 2.96. The van der Waals surface area contributed by atoms with Gasteiger partial charge in [0.2, 0.25) is 0 Å². The Bertz CT molecular complexity index is 213. The highest BCUT2D eigenvalue weighted by Gasteiger charge is 2.28. The van der Waals surface area contributed by atoms with E-state index in [0.29, 0.717) is 6.04 Å². The fourth-order valence-electron chi connectivity index (χ4n) is 3.04. The minimum atomic E-state index is 0.716. The van der Waals surface area contributed by atoms with Crippen LogP contribution in [0.4, 0.5) is 0 Å². The van der Waals surface area contributed by atoms with Crippen LogP contribution in [-0.4, -0.2) is 61.7 Å². The predicted molar refractivity (Wildman–Crippen MR) is 68.7 cm³/mol. The van der Waals surface area contributed by atoms with Crippen molar-refractivity contribution in [2.75, 3.05) is 39.8 Å². The number of piperidine rings is 1. The highest BCUT2D eigenvalue weighted by Crippen LogP contribution is 2.18. The lowest BCUT2D eigenvalue weighted by molar-refractivity contribution is 0.0456. The summed E-state index contributed by atoms with van der Waals surface area (Å²) in [6, 6.07) is 1.44. The molecule has 2 fully saturated rings. The molecule has 16 heavy (non-hydrogen) atoms. The molecule has 0 radical (unpaired) electrons. The van der Waals surface area contributed by atoms with Gasteiger partial charge in [0.25, 0.3) is 0 Å². The molecule has 0 saturated carbocycles. The number of piperazine rings is 1. The van der Waals surface area contributed by atoms with Gasteiger partial charge in [0.1, 0.15) is 0 Å².